The van der Waals surface area contributed by atoms with Gasteiger partial charge in [0.25, 0.3) is 14.1 Å². The number of methoxy groups -OCH3 is 2. The zero-order valence-electron chi connectivity index (χ0n) is 45.3. The van der Waals surface area contributed by atoms with E-state index in [9.17, 15) is 10.1 Å². The number of aromatic nitrogens is 4. The molecule has 1 aliphatic rings. The largest absolute Gasteiger partial charge is 0.497 e. The van der Waals surface area contributed by atoms with Gasteiger partial charge in [0, 0.05) is 25.2 Å². The highest BCUT2D eigenvalue weighted by atomic mass is 31.2. The average Bonchev–Trinajstić information content (AvgIpc) is 3.94. The van der Waals surface area contributed by atoms with Gasteiger partial charge in [0.05, 0.1) is 52.6 Å². The fraction of sp³-hybridized carbons (Fsp3) is 0.545. The summed E-state index contributed by atoms with van der Waals surface area (Å²) in [6, 6.07) is 28.1. The van der Waals surface area contributed by atoms with Crippen molar-refractivity contribution in [2.24, 2.45) is 4.99 Å². The topological polar surface area (TPSA) is 171 Å². The molecule has 0 aliphatic carbocycles. The third-order valence-electron chi connectivity index (χ3n) is 13.7. The summed E-state index contributed by atoms with van der Waals surface area (Å²) in [7, 11) is -1.23. The summed E-state index contributed by atoms with van der Waals surface area (Å²) in [5.41, 5.74) is 1.35. The molecule has 6 rings (SSSR count). The third-order valence-corrected chi connectivity index (χ3v) is 20.3. The monoisotopic (exact) mass is 1040 g/mol. The van der Waals surface area contributed by atoms with Crippen molar-refractivity contribution in [1.82, 2.24) is 29.1 Å². The highest BCUT2D eigenvalue weighted by molar-refractivity contribution is 7.44. The number of nitriles is 1. The molecule has 5 aromatic rings. The van der Waals surface area contributed by atoms with Crippen molar-refractivity contribution in [3.05, 3.63) is 112 Å². The number of nitrogens with one attached hydrogen (secondary N) is 1. The van der Waals surface area contributed by atoms with Crippen LogP contribution in [0.15, 0.2) is 95.0 Å². The summed E-state index contributed by atoms with van der Waals surface area (Å²) in [6.07, 6.45) is 4.26. The van der Waals surface area contributed by atoms with Crippen LogP contribution < -0.4 is 15.0 Å². The average molecular weight is 1040 g/mol. The van der Waals surface area contributed by atoms with Crippen LogP contribution in [-0.2, 0) is 28.5 Å². The van der Waals surface area contributed by atoms with Crippen LogP contribution >= 0.6 is 8.53 Å². The normalized spacial score (nSPS) is 18.1. The first-order valence-corrected chi connectivity index (χ1v) is 29.8. The minimum Gasteiger partial charge on any atom is -0.497 e. The zero-order valence-corrected chi connectivity index (χ0v) is 47.2. The smallest absolute Gasteiger partial charge is 0.280 e. The van der Waals surface area contributed by atoms with Crippen molar-refractivity contribution in [1.29, 1.82) is 5.26 Å². The van der Waals surface area contributed by atoms with Gasteiger partial charge in [0.2, 0.25) is 5.95 Å². The van der Waals surface area contributed by atoms with E-state index in [4.69, 9.17) is 42.4 Å². The molecule has 0 spiro atoms. The van der Waals surface area contributed by atoms with Crippen LogP contribution in [0.4, 0.5) is 5.95 Å². The molecule has 0 radical (unpaired) electrons. The zero-order chi connectivity index (χ0) is 52.9. The molecule has 3 aromatic carbocycles. The van der Waals surface area contributed by atoms with E-state index in [-0.39, 0.29) is 53.9 Å². The van der Waals surface area contributed by atoms with Crippen LogP contribution in [-0.4, -0.2) is 115 Å². The Kier molecular flexibility index (Phi) is 20.4. The first kappa shape index (κ1) is 57.3. The second-order valence-electron chi connectivity index (χ2n) is 20.5. The standard InChI is InChI=1S/C55H79N8O8PSi/c1-14-16-33-61(34-17-15-2)37-58-53-59-50-47(51(64)60-53)57-38-62(50)52-49(71-73(12,13)54(7,8)9)48(70-72(68-35-21-32-56)63(39(3)4)40(5)6)46(69-52)36-67-55(41-22-19-18-20-23-41,42-24-28-44(65-10)29-25-42)43-26-30-45(66-11)31-27-43/h18-20,22-31,37-40,46,48-49,52H,14-17,21,33-36H2,1-13H3,(H,59,60,64)/b58-37+/t46-,48-,49-,52-,72?/m0/s1. The summed E-state index contributed by atoms with van der Waals surface area (Å²) in [6.45, 7) is 25.6. The molecule has 16 nitrogen and oxygen atoms in total. The van der Waals surface area contributed by atoms with E-state index >= 15 is 0 Å². The Balaban J connectivity index is 1.57. The Morgan fingerprint density at radius 2 is 1.47 bits per heavy atom. The molecule has 0 amide bonds. The predicted molar refractivity (Wildman–Crippen MR) is 292 cm³/mol. The molecule has 3 heterocycles. The van der Waals surface area contributed by atoms with Gasteiger partial charge in [-0.3, -0.25) is 14.3 Å². The molecular formula is C55H79N8O8PSi. The van der Waals surface area contributed by atoms with E-state index in [1.54, 1.807) is 31.5 Å². The quantitative estimate of drug-likeness (QED) is 0.0132. The number of hydrogen-bond acceptors (Lipinski definition) is 13. The van der Waals surface area contributed by atoms with E-state index < -0.39 is 52.5 Å². The summed E-state index contributed by atoms with van der Waals surface area (Å²) >= 11 is 0. The highest BCUT2D eigenvalue weighted by Crippen LogP contribution is 2.53. The Labute approximate surface area is 435 Å². The summed E-state index contributed by atoms with van der Waals surface area (Å²) in [5, 5.41) is 9.45. The van der Waals surface area contributed by atoms with Gasteiger partial charge < -0.3 is 37.3 Å². The molecule has 1 unspecified atom stereocenters. The lowest BCUT2D eigenvalue weighted by atomic mass is 9.80. The van der Waals surface area contributed by atoms with E-state index in [1.807, 2.05) is 66.7 Å². The number of imidazole rings is 1. The lowest BCUT2D eigenvalue weighted by Gasteiger charge is -2.42. The molecule has 18 heteroatoms. The molecule has 396 valence electrons. The number of rotatable bonds is 27. The van der Waals surface area contributed by atoms with E-state index in [0.29, 0.717) is 11.5 Å². The van der Waals surface area contributed by atoms with Crippen molar-refractivity contribution in [2.75, 3.05) is 40.5 Å². The highest BCUT2D eigenvalue weighted by Gasteiger charge is 2.54. The molecule has 0 saturated carbocycles. The number of fused-ring (bicyclic) bond motifs is 1. The maximum Gasteiger partial charge on any atom is 0.280 e. The summed E-state index contributed by atoms with van der Waals surface area (Å²) < 4.78 is 51.9. The van der Waals surface area contributed by atoms with Crippen molar-refractivity contribution >= 4 is 40.3 Å². The maximum absolute atomic E-state index is 13.9. The van der Waals surface area contributed by atoms with Crippen LogP contribution in [0.25, 0.3) is 11.2 Å². The molecule has 1 aliphatic heterocycles. The van der Waals surface area contributed by atoms with E-state index in [1.165, 1.54) is 0 Å². The van der Waals surface area contributed by atoms with Gasteiger partial charge in [-0.15, -0.1) is 0 Å². The van der Waals surface area contributed by atoms with E-state index in [2.05, 4.69) is 113 Å². The number of ether oxygens (including phenoxy) is 4. The molecule has 1 fully saturated rings. The maximum atomic E-state index is 13.9. The molecule has 2 aromatic heterocycles. The molecule has 1 saturated heterocycles. The van der Waals surface area contributed by atoms with Crippen LogP contribution in [0.2, 0.25) is 18.1 Å². The summed E-state index contributed by atoms with van der Waals surface area (Å²) in [5.74, 6) is 1.55. The number of benzene rings is 3. The third kappa shape index (κ3) is 13.6. The number of aromatic amines is 1. The molecular weight excluding hydrogens is 960 g/mol. The fourth-order valence-corrected chi connectivity index (χ4v) is 11.8. The minimum absolute atomic E-state index is 0.00371. The first-order valence-electron chi connectivity index (χ1n) is 25.7. The molecule has 1 N–H and O–H groups in total. The number of H-pyrrole nitrogens is 1. The van der Waals surface area contributed by atoms with Crippen LogP contribution in [0, 0.1) is 11.3 Å². The van der Waals surface area contributed by atoms with Crippen molar-refractivity contribution in [3.63, 3.8) is 0 Å². The second kappa shape index (κ2) is 26.0. The number of unbranched alkanes of at least 4 members (excludes halogenated alkanes) is 2. The lowest BCUT2D eigenvalue weighted by Crippen LogP contribution is -2.50. The molecule has 5 atom stereocenters. The Morgan fingerprint density at radius 1 is 0.890 bits per heavy atom. The van der Waals surface area contributed by atoms with Crippen LogP contribution in [0.3, 0.4) is 0 Å². The lowest BCUT2D eigenvalue weighted by molar-refractivity contribution is -0.0926. The van der Waals surface area contributed by atoms with Crippen molar-refractivity contribution in [3.8, 4) is 17.6 Å². The Hall–Kier alpha value is -5.02. The van der Waals surface area contributed by atoms with E-state index in [0.717, 1.165) is 55.5 Å². The minimum atomic E-state index is -2.69. The van der Waals surface area contributed by atoms with Crippen LogP contribution in [0.1, 0.15) is 117 Å². The van der Waals surface area contributed by atoms with Gasteiger partial charge in [-0.25, -0.2) is 14.6 Å². The number of hydrogen-bond donors (Lipinski definition) is 1. The molecule has 0 bridgehead atoms. The fourth-order valence-electron chi connectivity index (χ4n) is 8.76. The van der Waals surface area contributed by atoms with Gasteiger partial charge in [-0.1, -0.05) is 102 Å². The number of nitrogens with zero attached hydrogens (tertiary/aromatic N) is 7. The van der Waals surface area contributed by atoms with Gasteiger partial charge in [0.15, 0.2) is 25.7 Å². The van der Waals surface area contributed by atoms with Crippen molar-refractivity contribution in [2.45, 2.75) is 155 Å². The Bertz CT molecular complexity index is 2550. The SMILES string of the molecule is CCCCN(/C=N/c1nc2c(ncn2[C@H]2O[C@@H](COC(c3ccccc3)(c3ccc(OC)cc3)c3ccc(OC)cc3)[C@H](OP(OCCC#N)N(C(C)C)C(C)C)[C@@H]2O[Si](C)(C)C(C)(C)C)c(=O)[nH]1)CCCC. The van der Waals surface area contributed by atoms with Gasteiger partial charge in [0.1, 0.15) is 35.4 Å². The number of aliphatic imine (C=N–C) groups is 1. The second-order valence-corrected chi connectivity index (χ2v) is 26.7. The van der Waals surface area contributed by atoms with Gasteiger partial charge >= 0.3 is 0 Å². The Morgan fingerprint density at radius 3 is 1.99 bits per heavy atom. The van der Waals surface area contributed by atoms with Crippen LogP contribution in [0.5, 0.6) is 11.5 Å². The first-order chi connectivity index (χ1) is 34.9. The van der Waals surface area contributed by atoms with Crippen molar-refractivity contribution < 1.29 is 32.4 Å². The van der Waals surface area contributed by atoms with Gasteiger partial charge in [-0.05, 0) is 99.6 Å². The molecule has 73 heavy (non-hydrogen) atoms. The summed E-state index contributed by atoms with van der Waals surface area (Å²) in [4.78, 5) is 33.3. The van der Waals surface area contributed by atoms with Gasteiger partial charge in [-0.2, -0.15) is 10.2 Å². The predicted octanol–water partition coefficient (Wildman–Crippen LogP) is 11.7.